The van der Waals surface area contributed by atoms with Gasteiger partial charge < -0.3 is 4.52 Å². The summed E-state index contributed by atoms with van der Waals surface area (Å²) >= 11 is 0. The fourth-order valence-electron chi connectivity index (χ4n) is 0.848. The van der Waals surface area contributed by atoms with E-state index in [-0.39, 0.29) is 0 Å². The summed E-state index contributed by atoms with van der Waals surface area (Å²) in [5.74, 6) is 0. The highest BCUT2D eigenvalue weighted by Crippen LogP contribution is 2.20. The molecule has 0 aromatic rings. The first-order valence-electron chi connectivity index (χ1n) is 2.94. The van der Waals surface area contributed by atoms with Crippen LogP contribution in [0.2, 0.25) is 0 Å². The van der Waals surface area contributed by atoms with E-state index in [4.69, 9.17) is 11.1 Å². The molecule has 0 aromatic carbocycles. The van der Waals surface area contributed by atoms with Crippen LogP contribution >= 0.6 is 9.47 Å². The summed E-state index contributed by atoms with van der Waals surface area (Å²) in [4.78, 5) is 3.32. The third kappa shape index (κ3) is 1.67. The van der Waals surface area contributed by atoms with Gasteiger partial charge in [0.1, 0.15) is 0 Å². The van der Waals surface area contributed by atoms with Crippen LogP contribution < -0.4 is 0 Å². The molecule has 1 atom stereocenters. The van der Waals surface area contributed by atoms with Crippen molar-refractivity contribution in [2.24, 2.45) is 0 Å². The zero-order valence-corrected chi connectivity index (χ0v) is 6.66. The number of nitrogens with zero attached hydrogens (tertiary/aromatic N) is 1. The minimum absolute atomic E-state index is 0.611. The maximum atomic E-state index is 6.70. The molecule has 10 heavy (non-hydrogen) atoms. The second-order valence-corrected chi connectivity index (χ2v) is 2.42. The molecule has 0 heterocycles. The Bertz CT molecular complexity index is 224. The zero-order valence-electron chi connectivity index (χ0n) is 5.50. The quantitative estimate of drug-likeness (QED) is 0.436. The van der Waals surface area contributed by atoms with Crippen molar-refractivity contribution < 1.29 is 4.52 Å². The van der Waals surface area contributed by atoms with Crippen LogP contribution in [0.1, 0.15) is 6.42 Å². The largest absolute Gasteiger partial charge is 0.361 e. The number of hydrogen-bond acceptors (Lipinski definition) is 1. The lowest BCUT2D eigenvalue weighted by molar-refractivity contribution is 0.411. The lowest BCUT2D eigenvalue weighted by atomic mass is 10.2. The van der Waals surface area contributed by atoms with Gasteiger partial charge in [-0.2, -0.15) is 0 Å². The average Bonchev–Trinajstić information content (AvgIpc) is 2.37. The molecule has 1 aliphatic carbocycles. The second-order valence-electron chi connectivity index (χ2n) is 2.08. The number of allylic oxidation sites excluding steroid dienone is 3. The van der Waals surface area contributed by atoms with Gasteiger partial charge in [-0.1, -0.05) is 17.7 Å². The molecule has 2 nitrogen and oxygen atoms in total. The third-order valence-corrected chi connectivity index (χ3v) is 1.50. The summed E-state index contributed by atoms with van der Waals surface area (Å²) in [5.41, 5.74) is 1.97. The van der Waals surface area contributed by atoms with Gasteiger partial charge in [-0.25, -0.2) is 4.85 Å². The first kappa shape index (κ1) is 7.47. The van der Waals surface area contributed by atoms with Crippen LogP contribution in [0.4, 0.5) is 0 Å². The molecule has 0 spiro atoms. The van der Waals surface area contributed by atoms with E-state index in [1.807, 2.05) is 12.2 Å². The van der Waals surface area contributed by atoms with Crippen molar-refractivity contribution in [1.82, 2.24) is 0 Å². The molecular weight excluding hydrogens is 145 g/mol. The van der Waals surface area contributed by atoms with Crippen LogP contribution in [0.15, 0.2) is 23.4 Å². The molecule has 0 bridgehead atoms. The lowest BCUT2D eigenvalue weighted by Gasteiger charge is -1.97. The molecule has 0 fully saturated rings. The Morgan fingerprint density at radius 1 is 1.70 bits per heavy atom. The fraction of sp³-hybridized carbons (Fsp3) is 0.286. The summed E-state index contributed by atoms with van der Waals surface area (Å²) in [7, 11) is 2.20. The molecule has 0 aliphatic heterocycles. The Labute approximate surface area is 62.7 Å². The van der Waals surface area contributed by atoms with Crippen molar-refractivity contribution in [3.05, 3.63) is 34.8 Å². The van der Waals surface area contributed by atoms with E-state index in [0.717, 1.165) is 12.1 Å². The van der Waals surface area contributed by atoms with E-state index < -0.39 is 0 Å². The van der Waals surface area contributed by atoms with Crippen LogP contribution in [0.3, 0.4) is 0 Å². The maximum absolute atomic E-state index is 6.70. The van der Waals surface area contributed by atoms with Crippen molar-refractivity contribution in [1.29, 1.82) is 0 Å². The summed E-state index contributed by atoms with van der Waals surface area (Å²) in [6.07, 6.45) is 4.54. The summed E-state index contributed by atoms with van der Waals surface area (Å²) in [5, 5.41) is 0. The van der Waals surface area contributed by atoms with Gasteiger partial charge in [0, 0.05) is 15.9 Å². The van der Waals surface area contributed by atoms with Crippen LogP contribution in [0.5, 0.6) is 0 Å². The first-order valence-corrected chi connectivity index (χ1v) is 3.41. The summed E-state index contributed by atoms with van der Waals surface area (Å²) in [6, 6.07) is 0. The molecule has 0 N–H and O–H groups in total. The Morgan fingerprint density at radius 2 is 2.50 bits per heavy atom. The third-order valence-electron chi connectivity index (χ3n) is 1.33. The van der Waals surface area contributed by atoms with Crippen LogP contribution in [0.25, 0.3) is 4.85 Å². The smallest absolute Gasteiger partial charge is 0.169 e. The monoisotopic (exact) mass is 153 g/mol. The van der Waals surface area contributed by atoms with E-state index in [1.54, 1.807) is 0 Å². The molecule has 1 aliphatic rings. The lowest BCUT2D eigenvalue weighted by Crippen LogP contribution is -1.87. The number of rotatable bonds is 2. The summed E-state index contributed by atoms with van der Waals surface area (Å²) in [6.45, 7) is 7.31. The Hall–Kier alpha value is -0.640. The average molecular weight is 153 g/mol. The van der Waals surface area contributed by atoms with E-state index in [9.17, 15) is 0 Å². The molecular formula is C7H8NOP. The molecule has 0 radical (unpaired) electrons. The van der Waals surface area contributed by atoms with Crippen molar-refractivity contribution in [3.63, 3.8) is 0 Å². The fourth-order valence-corrected chi connectivity index (χ4v) is 1.06. The van der Waals surface area contributed by atoms with Crippen molar-refractivity contribution in [3.8, 4) is 0 Å². The van der Waals surface area contributed by atoms with Crippen molar-refractivity contribution in [2.45, 2.75) is 6.42 Å². The number of hydrogen-bond donors (Lipinski definition) is 0. The highest BCUT2D eigenvalue weighted by Gasteiger charge is 2.06. The van der Waals surface area contributed by atoms with Gasteiger partial charge in [-0.05, 0) is 0 Å². The Kier molecular flexibility index (Phi) is 2.62. The van der Waals surface area contributed by atoms with Gasteiger partial charge in [0.05, 0.1) is 13.2 Å². The molecule has 0 amide bonds. The van der Waals surface area contributed by atoms with Crippen molar-refractivity contribution >= 4 is 9.47 Å². The molecule has 0 aromatic heterocycles. The van der Waals surface area contributed by atoms with Gasteiger partial charge in [0.25, 0.3) is 0 Å². The van der Waals surface area contributed by atoms with E-state index >= 15 is 0 Å². The summed E-state index contributed by atoms with van der Waals surface area (Å²) < 4.78 is 4.83. The highest BCUT2D eigenvalue weighted by molar-refractivity contribution is 7.09. The minimum atomic E-state index is 0.611. The minimum Gasteiger partial charge on any atom is -0.361 e. The molecule has 3 heteroatoms. The normalized spacial score (nSPS) is 16.0. The van der Waals surface area contributed by atoms with E-state index in [1.165, 1.54) is 5.57 Å². The Balaban J connectivity index is 2.42. The molecule has 1 rings (SSSR count). The van der Waals surface area contributed by atoms with Crippen LogP contribution in [-0.4, -0.2) is 6.61 Å². The zero-order chi connectivity index (χ0) is 7.40. The van der Waals surface area contributed by atoms with Gasteiger partial charge in [0.15, 0.2) is 5.70 Å². The topological polar surface area (TPSA) is 13.6 Å². The van der Waals surface area contributed by atoms with Gasteiger partial charge in [0.2, 0.25) is 0 Å². The van der Waals surface area contributed by atoms with Crippen LogP contribution in [-0.2, 0) is 4.52 Å². The molecule has 52 valence electrons. The predicted molar refractivity (Wildman–Crippen MR) is 43.0 cm³/mol. The second kappa shape index (κ2) is 3.51. The van der Waals surface area contributed by atoms with Gasteiger partial charge >= 0.3 is 0 Å². The standard InChI is InChI=1S/C7H8NOP/c1-8-7-3-2-6(4-7)5-9-10/h2-3H,4-5,10H2. The highest BCUT2D eigenvalue weighted by atomic mass is 31.0. The molecule has 0 saturated carbocycles. The maximum Gasteiger partial charge on any atom is 0.169 e. The van der Waals surface area contributed by atoms with Crippen LogP contribution in [0, 0.1) is 6.57 Å². The van der Waals surface area contributed by atoms with E-state index in [0.29, 0.717) is 6.61 Å². The first-order chi connectivity index (χ1) is 4.86. The molecule has 0 saturated heterocycles. The van der Waals surface area contributed by atoms with Gasteiger partial charge in [-0.3, -0.25) is 0 Å². The van der Waals surface area contributed by atoms with Gasteiger partial charge in [-0.15, -0.1) is 0 Å². The van der Waals surface area contributed by atoms with Crippen molar-refractivity contribution in [2.75, 3.05) is 6.61 Å². The Morgan fingerprint density at radius 3 is 3.00 bits per heavy atom. The predicted octanol–water partition coefficient (Wildman–Crippen LogP) is 1.93. The SMILES string of the molecule is [C-]#[N+]C1=CC=C(COP)C1. The van der Waals surface area contributed by atoms with E-state index in [2.05, 4.69) is 14.3 Å². The molecule has 1 unspecified atom stereocenters.